The number of hydrogen-bond donors (Lipinski definition) is 1. The molecule has 0 saturated carbocycles. The van der Waals surface area contributed by atoms with Crippen molar-refractivity contribution in [3.05, 3.63) is 52.5 Å². The van der Waals surface area contributed by atoms with Gasteiger partial charge in [-0.15, -0.1) is 0 Å². The molecule has 0 fully saturated rings. The summed E-state index contributed by atoms with van der Waals surface area (Å²) < 4.78 is 5.69. The second-order valence-corrected chi connectivity index (χ2v) is 7.67. The fraction of sp³-hybridized carbons (Fsp3) is 0.391. The van der Waals surface area contributed by atoms with Crippen LogP contribution in [0.5, 0.6) is 5.75 Å². The Bertz CT molecular complexity index is 868. The van der Waals surface area contributed by atoms with Crippen LogP contribution in [0.4, 0.5) is 4.79 Å². The molecule has 1 aliphatic rings. The fourth-order valence-corrected chi connectivity index (χ4v) is 3.79. The summed E-state index contributed by atoms with van der Waals surface area (Å²) in [5.41, 5.74) is 4.32. The monoisotopic (exact) mass is 415 g/mol. The molecule has 1 heterocycles. The molecule has 2 aromatic rings. The summed E-state index contributed by atoms with van der Waals surface area (Å²) in [4.78, 5) is 23.3. The Balaban J connectivity index is 1.70. The molecule has 154 valence electrons. The van der Waals surface area contributed by atoms with Crippen LogP contribution in [0.3, 0.4) is 0 Å². The number of carboxylic acid groups (broad SMARTS) is 1. The lowest BCUT2D eigenvalue weighted by atomic mass is 9.97. The number of nitrogens with zero attached hydrogens (tertiary/aromatic N) is 1. The molecule has 3 rings (SSSR count). The van der Waals surface area contributed by atoms with E-state index in [1.54, 1.807) is 0 Å². The highest BCUT2D eigenvalue weighted by Crippen LogP contribution is 2.32. The number of fused-ring (bicyclic) bond motifs is 1. The van der Waals surface area contributed by atoms with Gasteiger partial charge in [0.25, 0.3) is 0 Å². The van der Waals surface area contributed by atoms with E-state index in [0.29, 0.717) is 43.8 Å². The number of aldehydes is 1. The number of amides is 1. The van der Waals surface area contributed by atoms with Gasteiger partial charge in [-0.05, 0) is 78.6 Å². The first-order chi connectivity index (χ1) is 14.1. The molecule has 1 N–H and O–H groups in total. The molecule has 5 nitrogen and oxygen atoms in total. The topological polar surface area (TPSA) is 66.8 Å². The molecule has 0 spiro atoms. The summed E-state index contributed by atoms with van der Waals surface area (Å²) in [7, 11) is 0. The zero-order chi connectivity index (χ0) is 20.6. The molecule has 0 bridgehead atoms. The van der Waals surface area contributed by atoms with Crippen molar-refractivity contribution in [3.8, 4) is 16.9 Å². The third kappa shape index (κ3) is 5.73. The van der Waals surface area contributed by atoms with Crippen molar-refractivity contribution in [1.82, 2.24) is 4.90 Å². The maximum absolute atomic E-state index is 11.5. The second-order valence-electron chi connectivity index (χ2n) is 7.26. The first-order valence-corrected chi connectivity index (χ1v) is 10.4. The number of carbonyl (C=O) groups is 2. The number of halogens is 1. The minimum absolute atomic E-state index is 0.373. The summed E-state index contributed by atoms with van der Waals surface area (Å²) in [5.74, 6) is 0.959. The number of hydrogen-bond acceptors (Lipinski definition) is 3. The van der Waals surface area contributed by atoms with Gasteiger partial charge in [0.15, 0.2) is 0 Å². The van der Waals surface area contributed by atoms with Crippen LogP contribution in [0.25, 0.3) is 11.1 Å². The minimum Gasteiger partial charge on any atom is -0.493 e. The normalized spacial score (nSPS) is 12.7. The van der Waals surface area contributed by atoms with Gasteiger partial charge in [0, 0.05) is 24.5 Å². The number of rotatable bonds is 9. The van der Waals surface area contributed by atoms with E-state index in [-0.39, 0.29) is 0 Å². The average Bonchev–Trinajstić information content (AvgIpc) is 2.73. The lowest BCUT2D eigenvalue weighted by Gasteiger charge is -2.20. The third-order valence-electron chi connectivity index (χ3n) is 5.21. The third-order valence-corrected chi connectivity index (χ3v) is 5.58. The predicted octanol–water partition coefficient (Wildman–Crippen LogP) is 5.22. The number of carbonyl (C=O) groups excluding carboxylic acids is 1. The Hall–Kier alpha value is -2.53. The summed E-state index contributed by atoms with van der Waals surface area (Å²) in [5, 5.41) is 10.1. The fourth-order valence-electron chi connectivity index (χ4n) is 3.57. The van der Waals surface area contributed by atoms with Crippen LogP contribution < -0.4 is 4.74 Å². The van der Waals surface area contributed by atoms with E-state index in [0.717, 1.165) is 48.2 Å². The number of ether oxygens (including phenoxy) is 1. The van der Waals surface area contributed by atoms with E-state index in [9.17, 15) is 14.7 Å². The highest BCUT2D eigenvalue weighted by Gasteiger charge is 2.14. The summed E-state index contributed by atoms with van der Waals surface area (Å²) >= 11 is 6.38. The van der Waals surface area contributed by atoms with E-state index < -0.39 is 6.09 Å². The van der Waals surface area contributed by atoms with Gasteiger partial charge in [0.2, 0.25) is 0 Å². The molecule has 6 heteroatoms. The first-order valence-electron chi connectivity index (χ1n) is 10.0. The lowest BCUT2D eigenvalue weighted by molar-refractivity contribution is -0.107. The Labute approximate surface area is 176 Å². The molecular formula is C23H26ClNO4. The van der Waals surface area contributed by atoms with Gasteiger partial charge in [0.1, 0.15) is 12.0 Å². The van der Waals surface area contributed by atoms with Crippen molar-refractivity contribution in [1.29, 1.82) is 0 Å². The SMILES string of the molecule is O=CCCCCN(CCc1cc(-c2ccc3c(c2)CCCO3)ccc1Cl)C(=O)O. The molecule has 0 atom stereocenters. The van der Waals surface area contributed by atoms with Gasteiger partial charge in [-0.3, -0.25) is 0 Å². The Morgan fingerprint density at radius 3 is 2.72 bits per heavy atom. The van der Waals surface area contributed by atoms with E-state index in [1.807, 2.05) is 30.3 Å². The highest BCUT2D eigenvalue weighted by atomic mass is 35.5. The molecule has 0 radical (unpaired) electrons. The van der Waals surface area contributed by atoms with Crippen LogP contribution in [0.2, 0.25) is 5.02 Å². The summed E-state index contributed by atoms with van der Waals surface area (Å²) in [6, 6.07) is 12.1. The van der Waals surface area contributed by atoms with Crippen molar-refractivity contribution in [2.24, 2.45) is 0 Å². The predicted molar refractivity (Wildman–Crippen MR) is 114 cm³/mol. The van der Waals surface area contributed by atoms with Crippen molar-refractivity contribution in [2.75, 3.05) is 19.7 Å². The molecule has 29 heavy (non-hydrogen) atoms. The Morgan fingerprint density at radius 2 is 1.93 bits per heavy atom. The number of unbranched alkanes of at least 4 members (excludes halogenated alkanes) is 2. The number of aryl methyl sites for hydroxylation is 1. The summed E-state index contributed by atoms with van der Waals surface area (Å²) in [6.45, 7) is 1.57. The van der Waals surface area contributed by atoms with Crippen molar-refractivity contribution >= 4 is 24.0 Å². The van der Waals surface area contributed by atoms with Crippen LogP contribution >= 0.6 is 11.6 Å². The van der Waals surface area contributed by atoms with E-state index in [4.69, 9.17) is 16.3 Å². The standard InChI is InChI=1S/C23H26ClNO4/c24-21-8-6-17(18-7-9-22-20(16-18)5-4-14-29-22)15-19(21)10-12-25(23(27)28)11-2-1-3-13-26/h6-9,13,15-16H,1-5,10-12,14H2,(H,27,28). The minimum atomic E-state index is -0.946. The molecule has 0 aliphatic carbocycles. The summed E-state index contributed by atoms with van der Waals surface area (Å²) in [6.07, 6.45) is 4.35. The average molecular weight is 416 g/mol. The van der Waals surface area contributed by atoms with Crippen molar-refractivity contribution < 1.29 is 19.4 Å². The van der Waals surface area contributed by atoms with Crippen LogP contribution in [-0.2, 0) is 17.6 Å². The Kier molecular flexibility index (Phi) is 7.53. The van der Waals surface area contributed by atoms with Gasteiger partial charge in [-0.25, -0.2) is 4.79 Å². The largest absolute Gasteiger partial charge is 0.493 e. The van der Waals surface area contributed by atoms with E-state index in [1.165, 1.54) is 10.5 Å². The van der Waals surface area contributed by atoms with Crippen molar-refractivity contribution in [2.45, 2.75) is 38.5 Å². The van der Waals surface area contributed by atoms with Gasteiger partial charge >= 0.3 is 6.09 Å². The van der Waals surface area contributed by atoms with Gasteiger partial charge in [0.05, 0.1) is 6.61 Å². The maximum atomic E-state index is 11.5. The van der Waals surface area contributed by atoms with Crippen molar-refractivity contribution in [3.63, 3.8) is 0 Å². The molecule has 1 aliphatic heterocycles. The van der Waals surface area contributed by atoms with Crippen LogP contribution in [0.15, 0.2) is 36.4 Å². The highest BCUT2D eigenvalue weighted by molar-refractivity contribution is 6.31. The zero-order valence-electron chi connectivity index (χ0n) is 16.4. The molecular weight excluding hydrogens is 390 g/mol. The zero-order valence-corrected chi connectivity index (χ0v) is 17.2. The van der Waals surface area contributed by atoms with Gasteiger partial charge < -0.3 is 19.5 Å². The molecule has 0 unspecified atom stereocenters. The molecule has 0 aromatic heterocycles. The van der Waals surface area contributed by atoms with E-state index in [2.05, 4.69) is 6.07 Å². The smallest absolute Gasteiger partial charge is 0.407 e. The number of benzene rings is 2. The quantitative estimate of drug-likeness (QED) is 0.450. The molecule has 1 amide bonds. The van der Waals surface area contributed by atoms with Crippen LogP contribution in [-0.4, -0.2) is 42.1 Å². The van der Waals surface area contributed by atoms with Gasteiger partial charge in [-0.2, -0.15) is 0 Å². The first kappa shape index (κ1) is 21.2. The van der Waals surface area contributed by atoms with Gasteiger partial charge in [-0.1, -0.05) is 23.7 Å². The lowest BCUT2D eigenvalue weighted by Crippen LogP contribution is -2.32. The van der Waals surface area contributed by atoms with Crippen LogP contribution in [0.1, 0.15) is 36.8 Å². The Morgan fingerprint density at radius 1 is 1.14 bits per heavy atom. The maximum Gasteiger partial charge on any atom is 0.407 e. The molecule has 0 saturated heterocycles. The van der Waals surface area contributed by atoms with E-state index >= 15 is 0 Å². The second kappa shape index (κ2) is 10.3. The molecule has 2 aromatic carbocycles. The van der Waals surface area contributed by atoms with Crippen LogP contribution in [0, 0.1) is 0 Å².